The molecule has 4 rings (SSSR count). The maximum absolute atomic E-state index is 6.30. The van der Waals surface area contributed by atoms with Crippen LogP contribution in [0.2, 0.25) is 5.02 Å². The minimum absolute atomic E-state index is 0.592. The lowest BCUT2D eigenvalue weighted by Gasteiger charge is -2.28. The van der Waals surface area contributed by atoms with Gasteiger partial charge in [0, 0.05) is 42.8 Å². The molecule has 1 fully saturated rings. The van der Waals surface area contributed by atoms with E-state index in [1.165, 1.54) is 5.69 Å². The number of ether oxygens (including phenoxy) is 2. The van der Waals surface area contributed by atoms with Crippen molar-refractivity contribution >= 4 is 22.9 Å². The molecule has 0 bridgehead atoms. The van der Waals surface area contributed by atoms with Crippen molar-refractivity contribution in [3.05, 3.63) is 47.2 Å². The number of imidazole rings is 1. The maximum Gasteiger partial charge on any atom is 0.139 e. The SMILES string of the molecule is COc1cc(C)c(-c2cn3ccc(N4CCOCC4)cc3n2)cc1Cl. The van der Waals surface area contributed by atoms with E-state index in [9.17, 15) is 0 Å². The van der Waals surface area contributed by atoms with Gasteiger partial charge in [-0.2, -0.15) is 0 Å². The van der Waals surface area contributed by atoms with Crippen LogP contribution in [-0.4, -0.2) is 42.8 Å². The van der Waals surface area contributed by atoms with Crippen LogP contribution in [0.15, 0.2) is 36.7 Å². The molecule has 0 spiro atoms. The van der Waals surface area contributed by atoms with Crippen LogP contribution in [0.1, 0.15) is 5.56 Å². The number of benzene rings is 1. The van der Waals surface area contributed by atoms with Crippen molar-refractivity contribution in [2.75, 3.05) is 38.3 Å². The van der Waals surface area contributed by atoms with Crippen LogP contribution >= 0.6 is 11.6 Å². The zero-order chi connectivity index (χ0) is 17.4. The fourth-order valence-electron chi connectivity index (χ4n) is 3.21. The number of nitrogens with zero attached hydrogens (tertiary/aromatic N) is 3. The van der Waals surface area contributed by atoms with Gasteiger partial charge in [0.15, 0.2) is 0 Å². The van der Waals surface area contributed by atoms with Crippen molar-refractivity contribution in [3.8, 4) is 17.0 Å². The first kappa shape index (κ1) is 16.2. The number of morpholine rings is 1. The maximum atomic E-state index is 6.30. The highest BCUT2D eigenvalue weighted by Crippen LogP contribution is 2.33. The molecule has 1 aliphatic rings. The Kier molecular flexibility index (Phi) is 4.27. The van der Waals surface area contributed by atoms with Crippen molar-refractivity contribution in [1.82, 2.24) is 9.38 Å². The summed E-state index contributed by atoms with van der Waals surface area (Å²) < 4.78 is 12.8. The lowest BCUT2D eigenvalue weighted by Crippen LogP contribution is -2.36. The molecule has 0 N–H and O–H groups in total. The van der Waals surface area contributed by atoms with Gasteiger partial charge in [-0.3, -0.25) is 0 Å². The minimum atomic E-state index is 0.592. The average Bonchev–Trinajstić information content (AvgIpc) is 3.07. The molecule has 0 atom stereocenters. The van der Waals surface area contributed by atoms with Gasteiger partial charge >= 0.3 is 0 Å². The van der Waals surface area contributed by atoms with E-state index >= 15 is 0 Å². The van der Waals surface area contributed by atoms with Crippen molar-refractivity contribution < 1.29 is 9.47 Å². The molecule has 130 valence electrons. The molecule has 0 amide bonds. The quantitative estimate of drug-likeness (QED) is 0.714. The average molecular weight is 358 g/mol. The molecule has 1 saturated heterocycles. The predicted molar refractivity (Wildman–Crippen MR) is 100.0 cm³/mol. The first-order valence-electron chi connectivity index (χ1n) is 8.31. The molecule has 25 heavy (non-hydrogen) atoms. The monoisotopic (exact) mass is 357 g/mol. The molecule has 0 unspecified atom stereocenters. The van der Waals surface area contributed by atoms with Crippen LogP contribution in [0, 0.1) is 6.92 Å². The zero-order valence-corrected chi connectivity index (χ0v) is 15.1. The first-order valence-corrected chi connectivity index (χ1v) is 8.69. The van der Waals surface area contributed by atoms with Gasteiger partial charge < -0.3 is 18.8 Å². The van der Waals surface area contributed by atoms with Crippen molar-refractivity contribution in [1.29, 1.82) is 0 Å². The van der Waals surface area contributed by atoms with Crippen LogP contribution in [0.4, 0.5) is 5.69 Å². The molecule has 0 aliphatic carbocycles. The number of methoxy groups -OCH3 is 1. The summed E-state index contributed by atoms with van der Waals surface area (Å²) in [5.74, 6) is 0.682. The molecule has 1 aliphatic heterocycles. The van der Waals surface area contributed by atoms with Crippen LogP contribution in [0.25, 0.3) is 16.9 Å². The van der Waals surface area contributed by atoms with Gasteiger partial charge in [0.05, 0.1) is 31.0 Å². The molecule has 6 heteroatoms. The number of hydrogen-bond acceptors (Lipinski definition) is 4. The number of halogens is 1. The predicted octanol–water partition coefficient (Wildman–Crippen LogP) is 3.81. The summed E-state index contributed by atoms with van der Waals surface area (Å²) in [5, 5.41) is 0.592. The van der Waals surface area contributed by atoms with Crippen LogP contribution in [0.5, 0.6) is 5.75 Å². The number of anilines is 1. The summed E-state index contributed by atoms with van der Waals surface area (Å²) in [5.41, 5.74) is 5.10. The van der Waals surface area contributed by atoms with Gasteiger partial charge in [-0.05, 0) is 30.7 Å². The van der Waals surface area contributed by atoms with Gasteiger partial charge in [-0.25, -0.2) is 4.98 Å². The second-order valence-corrected chi connectivity index (χ2v) is 6.58. The third-order valence-electron chi connectivity index (χ3n) is 4.59. The van der Waals surface area contributed by atoms with Gasteiger partial charge in [-0.1, -0.05) is 11.6 Å². The molecule has 0 radical (unpaired) electrons. The van der Waals surface area contributed by atoms with E-state index in [2.05, 4.69) is 23.2 Å². The van der Waals surface area contributed by atoms with Crippen molar-refractivity contribution in [2.24, 2.45) is 0 Å². The van der Waals surface area contributed by atoms with E-state index in [-0.39, 0.29) is 0 Å². The Morgan fingerprint density at radius 2 is 2.00 bits per heavy atom. The third kappa shape index (κ3) is 3.05. The highest BCUT2D eigenvalue weighted by Gasteiger charge is 2.14. The minimum Gasteiger partial charge on any atom is -0.495 e. The Balaban J connectivity index is 1.73. The lowest BCUT2D eigenvalue weighted by atomic mass is 10.1. The van der Waals surface area contributed by atoms with E-state index in [0.29, 0.717) is 10.8 Å². The van der Waals surface area contributed by atoms with Crippen molar-refractivity contribution in [2.45, 2.75) is 6.92 Å². The van der Waals surface area contributed by atoms with Gasteiger partial charge in [0.25, 0.3) is 0 Å². The standard InChI is InChI=1S/C19H20ClN3O2/c1-13-9-18(24-2)16(20)11-15(13)17-12-23-4-3-14(10-19(23)21-17)22-5-7-25-8-6-22/h3-4,9-12H,5-8H2,1-2H3. The Labute approximate surface area is 151 Å². The van der Waals surface area contributed by atoms with Crippen LogP contribution in [0.3, 0.4) is 0 Å². The Morgan fingerprint density at radius 3 is 2.76 bits per heavy atom. The molecule has 1 aromatic carbocycles. The molecular weight excluding hydrogens is 338 g/mol. The van der Waals surface area contributed by atoms with E-state index in [4.69, 9.17) is 26.1 Å². The van der Waals surface area contributed by atoms with E-state index < -0.39 is 0 Å². The topological polar surface area (TPSA) is 39.0 Å². The third-order valence-corrected chi connectivity index (χ3v) is 4.89. The fourth-order valence-corrected chi connectivity index (χ4v) is 3.45. The van der Waals surface area contributed by atoms with Gasteiger partial charge in [0.2, 0.25) is 0 Å². The number of pyridine rings is 1. The van der Waals surface area contributed by atoms with Crippen LogP contribution in [-0.2, 0) is 4.74 Å². The smallest absolute Gasteiger partial charge is 0.139 e. The summed E-state index contributed by atoms with van der Waals surface area (Å²) in [7, 11) is 1.62. The van der Waals surface area contributed by atoms with Gasteiger partial charge in [-0.15, -0.1) is 0 Å². The molecule has 0 saturated carbocycles. The van der Waals surface area contributed by atoms with E-state index in [0.717, 1.165) is 48.8 Å². The number of fused-ring (bicyclic) bond motifs is 1. The number of hydrogen-bond donors (Lipinski definition) is 0. The second-order valence-electron chi connectivity index (χ2n) is 6.18. The molecule has 5 nitrogen and oxygen atoms in total. The summed E-state index contributed by atoms with van der Waals surface area (Å²) in [4.78, 5) is 7.13. The normalized spacial score (nSPS) is 14.9. The Morgan fingerprint density at radius 1 is 1.20 bits per heavy atom. The van der Waals surface area contributed by atoms with Crippen molar-refractivity contribution in [3.63, 3.8) is 0 Å². The van der Waals surface area contributed by atoms with Gasteiger partial charge in [0.1, 0.15) is 11.4 Å². The number of aryl methyl sites for hydroxylation is 1. The molecule has 2 aromatic heterocycles. The molecule has 3 aromatic rings. The zero-order valence-electron chi connectivity index (χ0n) is 14.3. The Bertz CT molecular complexity index is 916. The second kappa shape index (κ2) is 6.58. The summed E-state index contributed by atoms with van der Waals surface area (Å²) >= 11 is 6.30. The number of rotatable bonds is 3. The largest absolute Gasteiger partial charge is 0.495 e. The summed E-state index contributed by atoms with van der Waals surface area (Å²) in [6, 6.07) is 8.11. The highest BCUT2D eigenvalue weighted by atomic mass is 35.5. The molecular formula is C19H20ClN3O2. The van der Waals surface area contributed by atoms with E-state index in [1.807, 2.05) is 29.7 Å². The highest BCUT2D eigenvalue weighted by molar-refractivity contribution is 6.32. The van der Waals surface area contributed by atoms with Crippen LogP contribution < -0.4 is 9.64 Å². The lowest BCUT2D eigenvalue weighted by molar-refractivity contribution is 0.122. The summed E-state index contributed by atoms with van der Waals surface area (Å²) in [6.45, 7) is 5.41. The van der Waals surface area contributed by atoms with E-state index in [1.54, 1.807) is 7.11 Å². The summed E-state index contributed by atoms with van der Waals surface area (Å²) in [6.07, 6.45) is 4.08. The fraction of sp³-hybridized carbons (Fsp3) is 0.316. The number of aromatic nitrogens is 2. The first-order chi connectivity index (χ1) is 12.2. The molecule has 3 heterocycles. The Hall–Kier alpha value is -2.24.